The molecule has 5 nitrogen and oxygen atoms in total. The average molecular weight is 367 g/mol. The van der Waals surface area contributed by atoms with Crippen molar-refractivity contribution in [3.8, 4) is 5.75 Å². The lowest BCUT2D eigenvalue weighted by atomic mass is 10.1. The number of anilines is 1. The van der Waals surface area contributed by atoms with Crippen LogP contribution < -0.4 is 20.3 Å². The van der Waals surface area contributed by atoms with E-state index < -0.39 is 0 Å². The number of guanidine groups is 1. The van der Waals surface area contributed by atoms with E-state index in [1.165, 1.54) is 11.3 Å². The molecule has 0 bridgehead atoms. The Hall–Kier alpha value is -2.69. The predicted molar refractivity (Wildman–Crippen MR) is 113 cm³/mol. The number of benzene rings is 2. The van der Waals surface area contributed by atoms with Crippen LogP contribution in [0.1, 0.15) is 18.9 Å². The number of methoxy groups -OCH3 is 1. The molecule has 2 aromatic rings. The molecule has 1 atom stereocenters. The van der Waals surface area contributed by atoms with E-state index in [2.05, 4.69) is 64.9 Å². The molecule has 5 heteroatoms. The summed E-state index contributed by atoms with van der Waals surface area (Å²) in [4.78, 5) is 7.19. The van der Waals surface area contributed by atoms with Gasteiger partial charge in [-0.1, -0.05) is 30.3 Å². The maximum absolute atomic E-state index is 5.29. The van der Waals surface area contributed by atoms with Gasteiger partial charge >= 0.3 is 0 Å². The summed E-state index contributed by atoms with van der Waals surface area (Å²) in [5, 5.41) is 6.97. The fourth-order valence-corrected chi connectivity index (χ4v) is 3.39. The highest BCUT2D eigenvalue weighted by molar-refractivity contribution is 5.80. The van der Waals surface area contributed by atoms with Crippen molar-refractivity contribution in [1.82, 2.24) is 10.6 Å². The molecule has 1 aliphatic rings. The number of aliphatic imine (C=N–C) groups is 1. The summed E-state index contributed by atoms with van der Waals surface area (Å²) in [5.41, 5.74) is 2.53. The number of nitrogens with zero attached hydrogens (tertiary/aromatic N) is 2. The molecule has 0 amide bonds. The molecule has 0 aliphatic carbocycles. The number of ether oxygens (including phenoxy) is 1. The largest absolute Gasteiger partial charge is 0.497 e. The Bertz CT molecular complexity index is 732. The molecule has 1 saturated heterocycles. The molecule has 0 aromatic heterocycles. The van der Waals surface area contributed by atoms with Crippen LogP contribution in [0.3, 0.4) is 0 Å². The summed E-state index contributed by atoms with van der Waals surface area (Å²) in [7, 11) is 1.70. The SMILES string of the molecule is CCNC(=NCCc1cccc(OC)c1)NC1CCN(c2ccccc2)C1. The van der Waals surface area contributed by atoms with Gasteiger partial charge in [0.1, 0.15) is 5.75 Å². The highest BCUT2D eigenvalue weighted by Crippen LogP contribution is 2.19. The second-order valence-electron chi connectivity index (χ2n) is 6.77. The van der Waals surface area contributed by atoms with Crippen molar-refractivity contribution in [1.29, 1.82) is 0 Å². The molecular weight excluding hydrogens is 336 g/mol. The average Bonchev–Trinajstić information content (AvgIpc) is 3.17. The predicted octanol–water partition coefficient (Wildman–Crippen LogP) is 3.07. The van der Waals surface area contributed by atoms with Crippen LogP contribution in [0.2, 0.25) is 0 Å². The Kier molecular flexibility index (Phi) is 6.97. The topological polar surface area (TPSA) is 48.9 Å². The van der Waals surface area contributed by atoms with Crippen molar-refractivity contribution in [2.45, 2.75) is 25.8 Å². The van der Waals surface area contributed by atoms with Gasteiger partial charge in [-0.15, -0.1) is 0 Å². The minimum atomic E-state index is 0.417. The van der Waals surface area contributed by atoms with E-state index in [4.69, 9.17) is 9.73 Å². The summed E-state index contributed by atoms with van der Waals surface area (Å²) < 4.78 is 5.29. The normalized spacial score (nSPS) is 17.0. The van der Waals surface area contributed by atoms with Gasteiger partial charge in [-0.2, -0.15) is 0 Å². The number of nitrogens with one attached hydrogen (secondary N) is 2. The number of hydrogen-bond acceptors (Lipinski definition) is 3. The Morgan fingerprint density at radius 1 is 1.19 bits per heavy atom. The van der Waals surface area contributed by atoms with Crippen molar-refractivity contribution in [3.05, 3.63) is 60.2 Å². The van der Waals surface area contributed by atoms with Crippen LogP contribution in [0, 0.1) is 0 Å². The molecule has 1 aliphatic heterocycles. The zero-order chi connectivity index (χ0) is 18.9. The van der Waals surface area contributed by atoms with Crippen molar-refractivity contribution < 1.29 is 4.74 Å². The number of para-hydroxylation sites is 1. The lowest BCUT2D eigenvalue weighted by molar-refractivity contribution is 0.414. The standard InChI is InChI=1S/C22H30N4O/c1-3-23-22(24-14-12-18-8-7-11-21(16-18)27-2)25-19-13-15-26(17-19)20-9-5-4-6-10-20/h4-11,16,19H,3,12-15,17H2,1-2H3,(H2,23,24,25). The van der Waals surface area contributed by atoms with Gasteiger partial charge in [0.15, 0.2) is 5.96 Å². The first-order valence-corrected chi connectivity index (χ1v) is 9.76. The Labute approximate surface area is 162 Å². The number of rotatable bonds is 7. The minimum absolute atomic E-state index is 0.417. The van der Waals surface area contributed by atoms with E-state index in [9.17, 15) is 0 Å². The van der Waals surface area contributed by atoms with Crippen LogP contribution in [0.15, 0.2) is 59.6 Å². The molecule has 0 saturated carbocycles. The molecule has 2 N–H and O–H groups in total. The highest BCUT2D eigenvalue weighted by Gasteiger charge is 2.23. The van der Waals surface area contributed by atoms with Gasteiger partial charge in [0, 0.05) is 37.9 Å². The molecule has 3 rings (SSSR count). The summed E-state index contributed by atoms with van der Waals surface area (Å²) >= 11 is 0. The zero-order valence-corrected chi connectivity index (χ0v) is 16.3. The van der Waals surface area contributed by atoms with Crippen LogP contribution in [0.25, 0.3) is 0 Å². The minimum Gasteiger partial charge on any atom is -0.497 e. The van der Waals surface area contributed by atoms with Gasteiger partial charge in [0.25, 0.3) is 0 Å². The molecule has 1 fully saturated rings. The molecular formula is C22H30N4O. The lowest BCUT2D eigenvalue weighted by Crippen LogP contribution is -2.44. The second-order valence-corrected chi connectivity index (χ2v) is 6.77. The van der Waals surface area contributed by atoms with Gasteiger partial charge in [-0.25, -0.2) is 0 Å². The summed E-state index contributed by atoms with van der Waals surface area (Å²) in [6.07, 6.45) is 2.02. The van der Waals surface area contributed by atoms with Gasteiger partial charge in [0.05, 0.1) is 7.11 Å². The third kappa shape index (κ3) is 5.64. The Morgan fingerprint density at radius 2 is 2.04 bits per heavy atom. The van der Waals surface area contributed by atoms with E-state index in [0.717, 1.165) is 50.7 Å². The van der Waals surface area contributed by atoms with E-state index in [0.29, 0.717) is 6.04 Å². The quantitative estimate of drug-likeness (QED) is 0.584. The van der Waals surface area contributed by atoms with Crippen LogP contribution in [0.4, 0.5) is 5.69 Å². The lowest BCUT2D eigenvalue weighted by Gasteiger charge is -2.20. The first-order valence-electron chi connectivity index (χ1n) is 9.76. The van der Waals surface area contributed by atoms with Crippen molar-refractivity contribution >= 4 is 11.6 Å². The maximum Gasteiger partial charge on any atom is 0.191 e. The maximum atomic E-state index is 5.29. The molecule has 1 unspecified atom stereocenters. The third-order valence-corrected chi connectivity index (χ3v) is 4.80. The van der Waals surface area contributed by atoms with E-state index >= 15 is 0 Å². The molecule has 1 heterocycles. The first kappa shape index (κ1) is 19.1. The van der Waals surface area contributed by atoms with Gasteiger partial charge in [0.2, 0.25) is 0 Å². The van der Waals surface area contributed by atoms with E-state index in [-0.39, 0.29) is 0 Å². The Balaban J connectivity index is 1.53. The fraction of sp³-hybridized carbons (Fsp3) is 0.409. The highest BCUT2D eigenvalue weighted by atomic mass is 16.5. The molecule has 2 aromatic carbocycles. The fourth-order valence-electron chi connectivity index (χ4n) is 3.39. The van der Waals surface area contributed by atoms with Crippen LogP contribution in [0.5, 0.6) is 5.75 Å². The molecule has 0 spiro atoms. The van der Waals surface area contributed by atoms with Crippen molar-refractivity contribution in [2.75, 3.05) is 38.2 Å². The summed E-state index contributed by atoms with van der Waals surface area (Å²) in [6, 6.07) is 19.2. The zero-order valence-electron chi connectivity index (χ0n) is 16.3. The van der Waals surface area contributed by atoms with Gasteiger partial charge < -0.3 is 20.3 Å². The van der Waals surface area contributed by atoms with E-state index in [1.54, 1.807) is 7.11 Å². The van der Waals surface area contributed by atoms with Crippen LogP contribution in [-0.4, -0.2) is 45.3 Å². The van der Waals surface area contributed by atoms with Gasteiger partial charge in [-0.3, -0.25) is 4.99 Å². The van der Waals surface area contributed by atoms with Crippen LogP contribution in [-0.2, 0) is 6.42 Å². The smallest absolute Gasteiger partial charge is 0.191 e. The number of hydrogen-bond donors (Lipinski definition) is 2. The molecule has 0 radical (unpaired) electrons. The monoisotopic (exact) mass is 366 g/mol. The molecule has 27 heavy (non-hydrogen) atoms. The summed E-state index contributed by atoms with van der Waals surface area (Å²) in [5.74, 6) is 1.80. The molecule has 144 valence electrons. The van der Waals surface area contributed by atoms with Crippen LogP contribution >= 0.6 is 0 Å². The summed E-state index contributed by atoms with van der Waals surface area (Å²) in [6.45, 7) is 5.79. The van der Waals surface area contributed by atoms with Crippen molar-refractivity contribution in [3.63, 3.8) is 0 Å². The van der Waals surface area contributed by atoms with Gasteiger partial charge in [-0.05, 0) is 49.6 Å². The second kappa shape index (κ2) is 9.86. The Morgan fingerprint density at radius 3 is 2.81 bits per heavy atom. The first-order chi connectivity index (χ1) is 13.3. The third-order valence-electron chi connectivity index (χ3n) is 4.80. The van der Waals surface area contributed by atoms with E-state index in [1.807, 2.05) is 12.1 Å². The van der Waals surface area contributed by atoms with Crippen molar-refractivity contribution in [2.24, 2.45) is 4.99 Å².